The van der Waals surface area contributed by atoms with Crippen molar-refractivity contribution >= 4 is 63.9 Å². The van der Waals surface area contributed by atoms with Gasteiger partial charge >= 0.3 is 5.97 Å². The van der Waals surface area contributed by atoms with Crippen molar-refractivity contribution in [3.63, 3.8) is 0 Å². The third-order valence-corrected chi connectivity index (χ3v) is 9.28. The summed E-state index contributed by atoms with van der Waals surface area (Å²) in [7, 11) is 1.54. The number of aromatic nitrogens is 1. The Labute approximate surface area is 289 Å². The maximum Gasteiger partial charge on any atom is 0.338 e. The number of nitrogens with zero attached hydrogens (tertiary/aromatic N) is 2. The van der Waals surface area contributed by atoms with E-state index in [4.69, 9.17) is 54.0 Å². The minimum Gasteiger partial charge on any atom is -0.493 e. The second-order valence-electron chi connectivity index (χ2n) is 10.4. The molecule has 1 aliphatic heterocycles. The van der Waals surface area contributed by atoms with E-state index in [-0.39, 0.29) is 24.3 Å². The van der Waals surface area contributed by atoms with Crippen LogP contribution < -0.4 is 24.4 Å². The van der Waals surface area contributed by atoms with E-state index in [9.17, 15) is 9.59 Å². The van der Waals surface area contributed by atoms with E-state index in [1.165, 1.54) is 15.9 Å². The Kier molecular flexibility index (Phi) is 9.84. The molecule has 238 valence electrons. The standard InChI is InChI=1S/C36H27Cl3N2O5S/c1-3-45-35(43)30-31(21-8-5-4-6-9-21)40-36-41(32(30)22-12-15-25(37)16-13-22)34(42)29(47-36)18-23-10-7-11-28(44-2)33(23)46-20-24-14-17-26(38)19-27(24)39/h4-19,32H,3,20H2,1-2H3/b29-18-/t32-/m0/s1. The van der Waals surface area contributed by atoms with Crippen LogP contribution in [0.15, 0.2) is 106 Å². The lowest BCUT2D eigenvalue weighted by atomic mass is 9.93. The smallest absolute Gasteiger partial charge is 0.338 e. The van der Waals surface area contributed by atoms with Crippen molar-refractivity contribution in [2.24, 2.45) is 4.99 Å². The van der Waals surface area contributed by atoms with Gasteiger partial charge in [0.1, 0.15) is 6.61 Å². The number of rotatable bonds is 9. The highest BCUT2D eigenvalue weighted by molar-refractivity contribution is 7.07. The van der Waals surface area contributed by atoms with Crippen LogP contribution in [0.2, 0.25) is 15.1 Å². The Bertz CT molecular complexity index is 2180. The zero-order valence-corrected chi connectivity index (χ0v) is 28.3. The Morgan fingerprint density at radius 2 is 1.70 bits per heavy atom. The van der Waals surface area contributed by atoms with Gasteiger partial charge in [0.25, 0.3) is 5.56 Å². The summed E-state index contributed by atoms with van der Waals surface area (Å²) in [4.78, 5) is 33.3. The molecule has 2 heterocycles. The fourth-order valence-electron chi connectivity index (χ4n) is 5.29. The largest absolute Gasteiger partial charge is 0.493 e. The zero-order valence-electron chi connectivity index (χ0n) is 25.2. The molecule has 11 heteroatoms. The molecule has 6 rings (SSSR count). The second kappa shape index (κ2) is 14.2. The molecule has 0 saturated heterocycles. The van der Waals surface area contributed by atoms with Gasteiger partial charge in [-0.25, -0.2) is 9.79 Å². The average molecular weight is 706 g/mol. The monoisotopic (exact) mass is 704 g/mol. The van der Waals surface area contributed by atoms with E-state index in [1.54, 1.807) is 68.6 Å². The normalized spacial score (nSPS) is 14.4. The van der Waals surface area contributed by atoms with Gasteiger partial charge in [0.15, 0.2) is 16.3 Å². The quantitative estimate of drug-likeness (QED) is 0.149. The van der Waals surface area contributed by atoms with Crippen LogP contribution in [0.5, 0.6) is 11.5 Å². The van der Waals surface area contributed by atoms with Crippen molar-refractivity contribution in [3.05, 3.63) is 154 Å². The molecule has 0 amide bonds. The molecular formula is C36H27Cl3N2O5S. The van der Waals surface area contributed by atoms with Gasteiger partial charge in [-0.05, 0) is 48.9 Å². The van der Waals surface area contributed by atoms with Gasteiger partial charge in [-0.15, -0.1) is 0 Å². The minimum absolute atomic E-state index is 0.137. The highest BCUT2D eigenvalue weighted by Crippen LogP contribution is 2.36. The van der Waals surface area contributed by atoms with Gasteiger partial charge in [0, 0.05) is 31.8 Å². The Morgan fingerprint density at radius 1 is 0.957 bits per heavy atom. The van der Waals surface area contributed by atoms with Crippen molar-refractivity contribution < 1.29 is 19.0 Å². The van der Waals surface area contributed by atoms with Crippen LogP contribution in [0.3, 0.4) is 0 Å². The van der Waals surface area contributed by atoms with Crippen LogP contribution in [0.25, 0.3) is 11.8 Å². The van der Waals surface area contributed by atoms with Crippen LogP contribution in [0.1, 0.15) is 35.2 Å². The maximum atomic E-state index is 14.3. The van der Waals surface area contributed by atoms with Crippen LogP contribution >= 0.6 is 46.1 Å². The molecule has 1 atom stereocenters. The number of hydrogen-bond acceptors (Lipinski definition) is 7. The first-order chi connectivity index (χ1) is 22.8. The van der Waals surface area contributed by atoms with Crippen molar-refractivity contribution in [1.82, 2.24) is 4.57 Å². The molecule has 0 saturated carbocycles. The topological polar surface area (TPSA) is 79.1 Å². The molecule has 7 nitrogen and oxygen atoms in total. The van der Waals surface area contributed by atoms with Crippen molar-refractivity contribution in [1.29, 1.82) is 0 Å². The first-order valence-corrected chi connectivity index (χ1v) is 16.5. The van der Waals surface area contributed by atoms with Crippen molar-refractivity contribution in [3.8, 4) is 11.5 Å². The number of esters is 1. The number of ether oxygens (including phenoxy) is 3. The number of halogens is 3. The number of carbonyl (C=O) groups is 1. The molecular weight excluding hydrogens is 679 g/mol. The third-order valence-electron chi connectivity index (χ3n) is 7.46. The van der Waals surface area contributed by atoms with Gasteiger partial charge < -0.3 is 14.2 Å². The van der Waals surface area contributed by atoms with Gasteiger partial charge in [-0.1, -0.05) is 107 Å². The highest BCUT2D eigenvalue weighted by atomic mass is 35.5. The molecule has 0 spiro atoms. The molecule has 1 aliphatic rings. The zero-order chi connectivity index (χ0) is 33.1. The first-order valence-electron chi connectivity index (χ1n) is 14.6. The lowest BCUT2D eigenvalue weighted by Crippen LogP contribution is -2.40. The van der Waals surface area contributed by atoms with E-state index >= 15 is 0 Å². The number of para-hydroxylation sites is 1. The van der Waals surface area contributed by atoms with Crippen molar-refractivity contribution in [2.45, 2.75) is 19.6 Å². The lowest BCUT2D eigenvalue weighted by Gasteiger charge is -2.26. The van der Waals surface area contributed by atoms with Gasteiger partial charge in [0.05, 0.1) is 35.6 Å². The van der Waals surface area contributed by atoms with E-state index in [0.717, 1.165) is 11.1 Å². The molecule has 0 aliphatic carbocycles. The molecule has 1 aromatic heterocycles. The molecule has 5 aromatic rings. The third kappa shape index (κ3) is 6.73. The van der Waals surface area contributed by atoms with Crippen LogP contribution in [-0.2, 0) is 16.1 Å². The van der Waals surface area contributed by atoms with Gasteiger partial charge in [0.2, 0.25) is 0 Å². The molecule has 0 N–H and O–H groups in total. The Balaban J connectivity index is 1.54. The molecule has 47 heavy (non-hydrogen) atoms. The van der Waals surface area contributed by atoms with E-state index in [1.807, 2.05) is 42.5 Å². The Hall–Kier alpha value is -4.34. The first kappa shape index (κ1) is 32.6. The van der Waals surface area contributed by atoms with Gasteiger partial charge in [-0.2, -0.15) is 0 Å². The van der Waals surface area contributed by atoms with Crippen LogP contribution in [0.4, 0.5) is 0 Å². The van der Waals surface area contributed by atoms with E-state index in [2.05, 4.69) is 0 Å². The Morgan fingerprint density at radius 3 is 2.40 bits per heavy atom. The lowest BCUT2D eigenvalue weighted by molar-refractivity contribution is -0.138. The summed E-state index contributed by atoms with van der Waals surface area (Å²) < 4.78 is 19.3. The number of carbonyl (C=O) groups excluding carboxylic acids is 1. The number of benzene rings is 4. The number of methoxy groups -OCH3 is 1. The molecule has 0 bridgehead atoms. The predicted octanol–water partition coefficient (Wildman–Crippen LogP) is 7.48. The summed E-state index contributed by atoms with van der Waals surface area (Å²) >= 11 is 19.9. The van der Waals surface area contributed by atoms with Gasteiger partial charge in [-0.3, -0.25) is 9.36 Å². The van der Waals surface area contributed by atoms with E-state index < -0.39 is 12.0 Å². The minimum atomic E-state index is -0.826. The van der Waals surface area contributed by atoms with Crippen molar-refractivity contribution in [2.75, 3.05) is 13.7 Å². The van der Waals surface area contributed by atoms with E-state index in [0.29, 0.717) is 52.7 Å². The summed E-state index contributed by atoms with van der Waals surface area (Å²) in [6.45, 7) is 2.03. The van der Waals surface area contributed by atoms with Crippen LogP contribution in [0, 0.1) is 0 Å². The highest BCUT2D eigenvalue weighted by Gasteiger charge is 2.35. The second-order valence-corrected chi connectivity index (χ2v) is 12.7. The van der Waals surface area contributed by atoms with Crippen LogP contribution in [-0.4, -0.2) is 24.3 Å². The fourth-order valence-corrected chi connectivity index (χ4v) is 6.87. The molecule has 0 unspecified atom stereocenters. The summed E-state index contributed by atoms with van der Waals surface area (Å²) in [5.74, 6) is 0.346. The molecule has 0 fully saturated rings. The number of fused-ring (bicyclic) bond motifs is 1. The summed E-state index contributed by atoms with van der Waals surface area (Å²) in [5, 5.41) is 1.51. The predicted molar refractivity (Wildman–Crippen MR) is 186 cm³/mol. The average Bonchev–Trinajstić information content (AvgIpc) is 3.38. The summed E-state index contributed by atoms with van der Waals surface area (Å²) in [5.41, 5.74) is 3.09. The number of hydrogen-bond donors (Lipinski definition) is 0. The SMILES string of the molecule is CCOC(=O)C1=C(c2ccccc2)N=c2s/c(=C\c3cccc(OC)c3OCc3ccc(Cl)cc3Cl)c(=O)n2[C@H]1c1ccc(Cl)cc1. The summed E-state index contributed by atoms with van der Waals surface area (Å²) in [6, 6.07) is 26.2. The number of thiazole rings is 1. The summed E-state index contributed by atoms with van der Waals surface area (Å²) in [6.07, 6.45) is 1.74. The molecule has 4 aromatic carbocycles. The fraction of sp³-hybridized carbons (Fsp3) is 0.139. The maximum absolute atomic E-state index is 14.3. The molecule has 0 radical (unpaired) electrons.